The largest absolute Gasteiger partial charge is 0.302 e. The van der Waals surface area contributed by atoms with E-state index in [4.69, 9.17) is 0 Å². The minimum absolute atomic E-state index is 0.202. The van der Waals surface area contributed by atoms with Gasteiger partial charge < -0.3 is 4.79 Å². The van der Waals surface area contributed by atoms with Crippen LogP contribution in [0.4, 0.5) is 0 Å². The van der Waals surface area contributed by atoms with Crippen LogP contribution in [-0.2, 0) is 9.59 Å². The van der Waals surface area contributed by atoms with E-state index in [9.17, 15) is 9.59 Å². The van der Waals surface area contributed by atoms with Gasteiger partial charge in [-0.25, -0.2) is 0 Å². The van der Waals surface area contributed by atoms with Crippen LogP contribution in [-0.4, -0.2) is 20.1 Å². The number of aldehydes is 1. The Morgan fingerprint density at radius 2 is 2.07 bits per heavy atom. The van der Waals surface area contributed by atoms with Crippen LogP contribution in [0.3, 0.4) is 0 Å². The molecule has 0 aromatic rings. The number of rotatable bonds is 3. The predicted molar refractivity (Wildman–Crippen MR) is 60.1 cm³/mol. The van der Waals surface area contributed by atoms with Gasteiger partial charge in [-0.2, -0.15) is 0 Å². The molecule has 2 atom stereocenters. The Morgan fingerprint density at radius 3 is 2.29 bits per heavy atom. The Hall–Kier alpha value is -0.443. The Kier molecular flexibility index (Phi) is 3.00. The van der Waals surface area contributed by atoms with E-state index in [1.807, 2.05) is 6.92 Å². The van der Waals surface area contributed by atoms with Gasteiger partial charge in [0, 0.05) is 5.54 Å². The van der Waals surface area contributed by atoms with Crippen LogP contribution in [0.5, 0.6) is 0 Å². The summed E-state index contributed by atoms with van der Waals surface area (Å²) in [5.74, 6) is 0.231. The second-order valence-electron chi connectivity index (χ2n) is 5.45. The van der Waals surface area contributed by atoms with E-state index < -0.39 is 13.5 Å². The van der Waals surface area contributed by atoms with Gasteiger partial charge in [0.2, 0.25) is 0 Å². The zero-order valence-corrected chi connectivity index (χ0v) is 10.6. The summed E-state index contributed by atoms with van der Waals surface area (Å²) < 4.78 is 0. The minimum atomic E-state index is -1.42. The molecular formula is C11H20O2Si. The number of Topliss-reactive ketones (excluding diaryl/α,β-unsaturated/α-hetero) is 1. The summed E-state index contributed by atoms with van der Waals surface area (Å²) in [6.07, 6.45) is 3.29. The number of hydrogen-bond donors (Lipinski definition) is 0. The van der Waals surface area contributed by atoms with Crippen LogP contribution < -0.4 is 0 Å². The van der Waals surface area contributed by atoms with Crippen LogP contribution in [0.1, 0.15) is 26.2 Å². The van der Waals surface area contributed by atoms with Crippen molar-refractivity contribution in [2.45, 2.75) is 51.4 Å². The van der Waals surface area contributed by atoms with E-state index in [-0.39, 0.29) is 11.3 Å². The first kappa shape index (κ1) is 11.6. The van der Waals surface area contributed by atoms with E-state index in [0.29, 0.717) is 6.42 Å². The second kappa shape index (κ2) is 3.61. The summed E-state index contributed by atoms with van der Waals surface area (Å²) in [5.41, 5.74) is -0.419. The SMILES string of the molecule is CC[C@]1(C=O)CC[C@H]([Si](C)(C)C)C1=O. The monoisotopic (exact) mass is 212 g/mol. The first-order valence-electron chi connectivity index (χ1n) is 5.38. The van der Waals surface area contributed by atoms with Crippen molar-refractivity contribution in [2.24, 2.45) is 5.41 Å². The fourth-order valence-electron chi connectivity index (χ4n) is 2.38. The summed E-state index contributed by atoms with van der Waals surface area (Å²) in [5, 5.41) is 0. The summed E-state index contributed by atoms with van der Waals surface area (Å²) in [7, 11) is -1.42. The quantitative estimate of drug-likeness (QED) is 0.409. The maximum Gasteiger partial charge on any atom is 0.146 e. The van der Waals surface area contributed by atoms with Gasteiger partial charge in [-0.3, -0.25) is 4.79 Å². The van der Waals surface area contributed by atoms with Gasteiger partial charge in [-0.15, -0.1) is 0 Å². The van der Waals surface area contributed by atoms with Crippen molar-refractivity contribution in [3.63, 3.8) is 0 Å². The molecule has 1 rings (SSSR count). The summed E-state index contributed by atoms with van der Waals surface area (Å²) in [4.78, 5) is 23.2. The third kappa shape index (κ3) is 1.70. The van der Waals surface area contributed by atoms with E-state index in [0.717, 1.165) is 19.1 Å². The summed E-state index contributed by atoms with van der Waals surface area (Å²) >= 11 is 0. The van der Waals surface area contributed by atoms with E-state index in [1.165, 1.54) is 0 Å². The van der Waals surface area contributed by atoms with Gasteiger partial charge in [0.05, 0.1) is 13.5 Å². The highest BCUT2D eigenvalue weighted by Gasteiger charge is 2.50. The number of hydrogen-bond acceptors (Lipinski definition) is 2. The van der Waals surface area contributed by atoms with Crippen LogP contribution in [0.2, 0.25) is 25.2 Å². The highest BCUT2D eigenvalue weighted by Crippen LogP contribution is 2.46. The van der Waals surface area contributed by atoms with Crippen LogP contribution >= 0.6 is 0 Å². The zero-order chi connectivity index (χ0) is 11.0. The second-order valence-corrected chi connectivity index (χ2v) is 10.9. The molecule has 0 aromatic carbocycles. The fourth-order valence-corrected chi connectivity index (χ4v) is 4.47. The molecule has 0 spiro atoms. The lowest BCUT2D eigenvalue weighted by molar-refractivity contribution is -0.132. The smallest absolute Gasteiger partial charge is 0.146 e. The van der Waals surface area contributed by atoms with Crippen molar-refractivity contribution in [3.8, 4) is 0 Å². The molecule has 1 fully saturated rings. The van der Waals surface area contributed by atoms with Gasteiger partial charge in [-0.05, 0) is 19.3 Å². The van der Waals surface area contributed by atoms with E-state index in [1.54, 1.807) is 0 Å². The highest BCUT2D eigenvalue weighted by molar-refractivity contribution is 6.81. The van der Waals surface area contributed by atoms with Crippen LogP contribution in [0, 0.1) is 5.41 Å². The van der Waals surface area contributed by atoms with Crippen LogP contribution in [0.25, 0.3) is 0 Å². The average molecular weight is 212 g/mol. The lowest BCUT2D eigenvalue weighted by atomic mass is 9.84. The van der Waals surface area contributed by atoms with Gasteiger partial charge in [0.25, 0.3) is 0 Å². The molecule has 0 aliphatic heterocycles. The third-order valence-electron chi connectivity index (χ3n) is 3.59. The molecule has 80 valence electrons. The van der Waals surface area contributed by atoms with Crippen LogP contribution in [0.15, 0.2) is 0 Å². The van der Waals surface area contributed by atoms with Crippen molar-refractivity contribution in [3.05, 3.63) is 0 Å². The number of carbonyl (C=O) groups is 2. The first-order chi connectivity index (χ1) is 6.37. The van der Waals surface area contributed by atoms with Crippen molar-refractivity contribution in [2.75, 3.05) is 0 Å². The normalized spacial score (nSPS) is 33.4. The van der Waals surface area contributed by atoms with E-state index in [2.05, 4.69) is 19.6 Å². The lowest BCUT2D eigenvalue weighted by Gasteiger charge is -2.25. The molecular weight excluding hydrogens is 192 g/mol. The molecule has 3 heteroatoms. The molecule has 0 aromatic heterocycles. The molecule has 2 nitrogen and oxygen atoms in total. The Balaban J connectivity index is 2.94. The minimum Gasteiger partial charge on any atom is -0.302 e. The number of ketones is 1. The number of carbonyl (C=O) groups excluding carboxylic acids is 2. The van der Waals surface area contributed by atoms with Crippen molar-refractivity contribution < 1.29 is 9.59 Å². The van der Waals surface area contributed by atoms with Gasteiger partial charge in [-0.1, -0.05) is 26.6 Å². The highest BCUT2D eigenvalue weighted by atomic mass is 28.3. The molecule has 1 aliphatic rings. The molecule has 0 saturated heterocycles. The maximum absolute atomic E-state index is 12.1. The Labute approximate surface area is 87.1 Å². The van der Waals surface area contributed by atoms with Gasteiger partial charge in [0.15, 0.2) is 0 Å². The Morgan fingerprint density at radius 1 is 1.50 bits per heavy atom. The first-order valence-corrected chi connectivity index (χ1v) is 8.96. The predicted octanol–water partition coefficient (Wildman–Crippen LogP) is 2.65. The lowest BCUT2D eigenvalue weighted by Crippen LogP contribution is -2.36. The molecule has 0 bridgehead atoms. The molecule has 0 heterocycles. The van der Waals surface area contributed by atoms with E-state index >= 15 is 0 Å². The van der Waals surface area contributed by atoms with Gasteiger partial charge in [0.1, 0.15) is 12.1 Å². The molecule has 1 saturated carbocycles. The Bertz CT molecular complexity index is 255. The molecule has 0 unspecified atom stereocenters. The summed E-state index contributed by atoms with van der Waals surface area (Å²) in [6.45, 7) is 8.59. The van der Waals surface area contributed by atoms with Crippen molar-refractivity contribution in [1.29, 1.82) is 0 Å². The average Bonchev–Trinajstić information content (AvgIpc) is 2.42. The topological polar surface area (TPSA) is 34.1 Å². The molecule has 14 heavy (non-hydrogen) atoms. The third-order valence-corrected chi connectivity index (χ3v) is 6.23. The molecule has 0 amide bonds. The summed E-state index contributed by atoms with van der Waals surface area (Å²) in [6, 6.07) is 0. The molecule has 0 radical (unpaired) electrons. The van der Waals surface area contributed by atoms with Crippen molar-refractivity contribution in [1.82, 2.24) is 0 Å². The maximum atomic E-state index is 12.1. The molecule has 0 N–H and O–H groups in total. The van der Waals surface area contributed by atoms with Gasteiger partial charge >= 0.3 is 0 Å². The molecule has 1 aliphatic carbocycles. The fraction of sp³-hybridized carbons (Fsp3) is 0.818. The standard InChI is InChI=1S/C11H20O2Si/c1-5-11(8-12)7-6-9(10(11)13)14(2,3)4/h8-9H,5-7H2,1-4H3/t9-,11+/m0/s1. The van der Waals surface area contributed by atoms with Crippen molar-refractivity contribution >= 4 is 20.1 Å². The zero-order valence-electron chi connectivity index (χ0n) is 9.59.